The van der Waals surface area contributed by atoms with Crippen molar-refractivity contribution >= 4 is 11.7 Å². The minimum Gasteiger partial charge on any atom is -0.338 e. The zero-order valence-corrected chi connectivity index (χ0v) is 11.4. The van der Waals surface area contributed by atoms with Crippen LogP contribution in [0.1, 0.15) is 38.8 Å². The third-order valence-electron chi connectivity index (χ3n) is 2.71. The van der Waals surface area contributed by atoms with Crippen LogP contribution in [-0.4, -0.2) is 19.1 Å². The third-order valence-corrected chi connectivity index (χ3v) is 2.71. The Morgan fingerprint density at radius 1 is 1.22 bits per heavy atom. The average molecular weight is 249 g/mol. The number of hydrogen-bond acceptors (Lipinski definition) is 2. The van der Waals surface area contributed by atoms with E-state index in [0.29, 0.717) is 12.6 Å². The lowest BCUT2D eigenvalue weighted by Gasteiger charge is -2.14. The van der Waals surface area contributed by atoms with Crippen LogP contribution in [0.15, 0.2) is 24.3 Å². The second kappa shape index (κ2) is 7.71. The first-order valence-corrected chi connectivity index (χ1v) is 6.55. The fourth-order valence-electron chi connectivity index (χ4n) is 1.67. The molecule has 2 amide bonds. The Labute approximate surface area is 109 Å². The van der Waals surface area contributed by atoms with Crippen molar-refractivity contribution in [2.45, 2.75) is 33.2 Å². The smallest absolute Gasteiger partial charge is 0.319 e. The molecule has 100 valence electrons. The monoisotopic (exact) mass is 249 g/mol. The number of hydrogen-bond donors (Lipinski definition) is 3. The van der Waals surface area contributed by atoms with E-state index in [1.54, 1.807) is 0 Å². The van der Waals surface area contributed by atoms with Crippen LogP contribution in [0.2, 0.25) is 0 Å². The van der Waals surface area contributed by atoms with Gasteiger partial charge in [0.25, 0.3) is 0 Å². The molecule has 0 saturated carbocycles. The zero-order chi connectivity index (χ0) is 13.4. The van der Waals surface area contributed by atoms with E-state index in [2.05, 4.69) is 29.8 Å². The average Bonchev–Trinajstić information content (AvgIpc) is 2.37. The first-order valence-electron chi connectivity index (χ1n) is 6.55. The molecular weight excluding hydrogens is 226 g/mol. The minimum atomic E-state index is -0.164. The van der Waals surface area contributed by atoms with Crippen LogP contribution in [0.5, 0.6) is 0 Å². The Morgan fingerprint density at radius 3 is 2.44 bits per heavy atom. The quantitative estimate of drug-likeness (QED) is 0.726. The van der Waals surface area contributed by atoms with Gasteiger partial charge in [-0.1, -0.05) is 19.1 Å². The van der Waals surface area contributed by atoms with Crippen LogP contribution >= 0.6 is 0 Å². The first-order chi connectivity index (χ1) is 8.67. The summed E-state index contributed by atoms with van der Waals surface area (Å²) in [5, 5.41) is 8.91. The topological polar surface area (TPSA) is 53.2 Å². The number of nitrogens with one attached hydrogen (secondary N) is 3. The molecule has 0 radical (unpaired) electrons. The largest absolute Gasteiger partial charge is 0.338 e. The molecule has 0 aliphatic rings. The van der Waals surface area contributed by atoms with Crippen molar-refractivity contribution in [1.29, 1.82) is 0 Å². The molecule has 3 N–H and O–H groups in total. The fourth-order valence-corrected chi connectivity index (χ4v) is 1.67. The van der Waals surface area contributed by atoms with Gasteiger partial charge >= 0.3 is 6.03 Å². The SMILES string of the molecule is CCCNC(C)c1ccc(NC(=O)NCC)cc1. The Bertz CT molecular complexity index is 362. The van der Waals surface area contributed by atoms with Gasteiger partial charge in [-0.2, -0.15) is 0 Å². The minimum absolute atomic E-state index is 0.164. The molecule has 0 bridgehead atoms. The van der Waals surface area contributed by atoms with E-state index in [4.69, 9.17) is 0 Å². The van der Waals surface area contributed by atoms with Gasteiger partial charge in [-0.3, -0.25) is 0 Å². The van der Waals surface area contributed by atoms with Gasteiger partial charge in [-0.15, -0.1) is 0 Å². The maximum atomic E-state index is 11.3. The predicted octanol–water partition coefficient (Wildman–Crippen LogP) is 2.89. The highest BCUT2D eigenvalue weighted by Crippen LogP contribution is 2.15. The Morgan fingerprint density at radius 2 is 1.89 bits per heavy atom. The van der Waals surface area contributed by atoms with Crippen LogP contribution in [-0.2, 0) is 0 Å². The van der Waals surface area contributed by atoms with Crippen LogP contribution in [0.3, 0.4) is 0 Å². The van der Waals surface area contributed by atoms with Crippen LogP contribution < -0.4 is 16.0 Å². The van der Waals surface area contributed by atoms with Crippen LogP contribution in [0, 0.1) is 0 Å². The van der Waals surface area contributed by atoms with Crippen LogP contribution in [0.25, 0.3) is 0 Å². The van der Waals surface area contributed by atoms with Gasteiger partial charge in [-0.25, -0.2) is 4.79 Å². The molecule has 1 unspecified atom stereocenters. The van der Waals surface area contributed by atoms with Crippen molar-refractivity contribution in [2.75, 3.05) is 18.4 Å². The number of carbonyl (C=O) groups excluding carboxylic acids is 1. The molecule has 1 rings (SSSR count). The Balaban J connectivity index is 2.54. The number of rotatable bonds is 6. The highest BCUT2D eigenvalue weighted by Gasteiger charge is 2.04. The van der Waals surface area contributed by atoms with Gasteiger partial charge in [0.2, 0.25) is 0 Å². The molecule has 0 aliphatic carbocycles. The molecule has 4 heteroatoms. The van der Waals surface area contributed by atoms with E-state index in [0.717, 1.165) is 18.7 Å². The summed E-state index contributed by atoms with van der Waals surface area (Å²) in [5.74, 6) is 0. The summed E-state index contributed by atoms with van der Waals surface area (Å²) in [5.41, 5.74) is 2.04. The molecule has 0 aromatic heterocycles. The van der Waals surface area contributed by atoms with E-state index < -0.39 is 0 Å². The zero-order valence-electron chi connectivity index (χ0n) is 11.4. The fraction of sp³-hybridized carbons (Fsp3) is 0.500. The lowest BCUT2D eigenvalue weighted by molar-refractivity contribution is 0.252. The van der Waals surface area contributed by atoms with Crippen molar-refractivity contribution in [2.24, 2.45) is 0 Å². The summed E-state index contributed by atoms with van der Waals surface area (Å²) in [6, 6.07) is 8.10. The Hall–Kier alpha value is -1.55. The van der Waals surface area contributed by atoms with Gasteiger partial charge in [0.1, 0.15) is 0 Å². The molecule has 1 atom stereocenters. The first kappa shape index (κ1) is 14.5. The van der Waals surface area contributed by atoms with Gasteiger partial charge < -0.3 is 16.0 Å². The molecule has 0 heterocycles. The second-order valence-corrected chi connectivity index (χ2v) is 4.28. The molecular formula is C14H23N3O. The van der Waals surface area contributed by atoms with Gasteiger partial charge in [-0.05, 0) is 44.5 Å². The number of carbonyl (C=O) groups is 1. The third kappa shape index (κ3) is 4.75. The number of benzene rings is 1. The molecule has 0 aliphatic heterocycles. The maximum absolute atomic E-state index is 11.3. The lowest BCUT2D eigenvalue weighted by atomic mass is 10.1. The van der Waals surface area contributed by atoms with Crippen molar-refractivity contribution in [3.05, 3.63) is 29.8 Å². The van der Waals surface area contributed by atoms with Crippen LogP contribution in [0.4, 0.5) is 10.5 Å². The van der Waals surface area contributed by atoms with E-state index in [1.807, 2.05) is 31.2 Å². The summed E-state index contributed by atoms with van der Waals surface area (Å²) < 4.78 is 0. The molecule has 1 aromatic rings. The normalized spacial score (nSPS) is 11.9. The maximum Gasteiger partial charge on any atom is 0.319 e. The van der Waals surface area contributed by atoms with E-state index >= 15 is 0 Å². The lowest BCUT2D eigenvalue weighted by Crippen LogP contribution is -2.28. The highest BCUT2D eigenvalue weighted by atomic mass is 16.2. The van der Waals surface area contributed by atoms with Crippen molar-refractivity contribution in [3.63, 3.8) is 0 Å². The molecule has 18 heavy (non-hydrogen) atoms. The molecule has 4 nitrogen and oxygen atoms in total. The predicted molar refractivity (Wildman–Crippen MR) is 75.8 cm³/mol. The van der Waals surface area contributed by atoms with Gasteiger partial charge in [0.15, 0.2) is 0 Å². The highest BCUT2D eigenvalue weighted by molar-refractivity contribution is 5.89. The standard InChI is InChI=1S/C14H23N3O/c1-4-10-16-11(3)12-6-8-13(9-7-12)17-14(18)15-5-2/h6-9,11,16H,4-5,10H2,1-3H3,(H2,15,17,18). The Kier molecular flexibility index (Phi) is 6.22. The summed E-state index contributed by atoms with van der Waals surface area (Å²) >= 11 is 0. The molecule has 0 fully saturated rings. The summed E-state index contributed by atoms with van der Waals surface area (Å²) in [6.07, 6.45) is 1.13. The summed E-state index contributed by atoms with van der Waals surface area (Å²) in [7, 11) is 0. The van der Waals surface area contributed by atoms with Crippen molar-refractivity contribution in [1.82, 2.24) is 10.6 Å². The van der Waals surface area contributed by atoms with E-state index in [9.17, 15) is 4.79 Å². The number of amides is 2. The molecule has 0 saturated heterocycles. The van der Waals surface area contributed by atoms with Crippen molar-refractivity contribution < 1.29 is 4.79 Å². The van der Waals surface area contributed by atoms with Gasteiger partial charge in [0.05, 0.1) is 0 Å². The van der Waals surface area contributed by atoms with Crippen molar-refractivity contribution in [3.8, 4) is 0 Å². The van der Waals surface area contributed by atoms with E-state index in [-0.39, 0.29) is 6.03 Å². The number of urea groups is 1. The summed E-state index contributed by atoms with van der Waals surface area (Å²) in [4.78, 5) is 11.3. The number of anilines is 1. The van der Waals surface area contributed by atoms with Gasteiger partial charge in [0, 0.05) is 18.3 Å². The molecule has 1 aromatic carbocycles. The second-order valence-electron chi connectivity index (χ2n) is 4.28. The molecule has 0 spiro atoms. The van der Waals surface area contributed by atoms with E-state index in [1.165, 1.54) is 5.56 Å². The summed E-state index contributed by atoms with van der Waals surface area (Å²) in [6.45, 7) is 7.83.